The molecule has 0 radical (unpaired) electrons. The zero-order chi connectivity index (χ0) is 12.8. The van der Waals surface area contributed by atoms with Crippen molar-refractivity contribution in [2.75, 3.05) is 31.1 Å². The molecule has 1 aliphatic heterocycles. The molecular formula is C14H18ClNOS. The minimum Gasteiger partial charge on any atom is -0.302 e. The fraction of sp³-hybridized carbons (Fsp3) is 0.500. The summed E-state index contributed by atoms with van der Waals surface area (Å²) in [4.78, 5) is 14.5. The number of Topliss-reactive ketones (excluding diaryl/α,β-unsaturated/α-hetero) is 1. The lowest BCUT2D eigenvalue weighted by molar-refractivity contribution is 0.0966. The molecular weight excluding hydrogens is 266 g/mol. The largest absolute Gasteiger partial charge is 0.302 e. The molecule has 0 spiro atoms. The predicted octanol–water partition coefficient (Wildman–Crippen LogP) is 3.35. The monoisotopic (exact) mass is 283 g/mol. The summed E-state index contributed by atoms with van der Waals surface area (Å²) >= 11 is 8.03. The molecule has 2 rings (SSSR count). The van der Waals surface area contributed by atoms with Crippen molar-refractivity contribution < 1.29 is 4.79 Å². The van der Waals surface area contributed by atoms with Crippen LogP contribution in [0.15, 0.2) is 24.3 Å². The lowest BCUT2D eigenvalue weighted by Crippen LogP contribution is -2.28. The van der Waals surface area contributed by atoms with Crippen LogP contribution in [-0.4, -0.2) is 41.8 Å². The fourth-order valence-corrected chi connectivity index (χ4v) is 3.27. The normalized spacial score (nSPS) is 17.4. The summed E-state index contributed by atoms with van der Waals surface area (Å²) in [7, 11) is 0. The van der Waals surface area contributed by atoms with Gasteiger partial charge in [-0.25, -0.2) is 0 Å². The molecule has 0 aliphatic carbocycles. The van der Waals surface area contributed by atoms with Gasteiger partial charge in [0.1, 0.15) is 0 Å². The molecule has 1 saturated heterocycles. The van der Waals surface area contributed by atoms with Crippen LogP contribution in [0.3, 0.4) is 0 Å². The Labute approximate surface area is 118 Å². The van der Waals surface area contributed by atoms with E-state index in [0.29, 0.717) is 17.0 Å². The van der Waals surface area contributed by atoms with Crippen LogP contribution in [0, 0.1) is 0 Å². The molecule has 98 valence electrons. The lowest BCUT2D eigenvalue weighted by Gasteiger charge is -2.18. The van der Waals surface area contributed by atoms with E-state index in [0.717, 1.165) is 19.6 Å². The van der Waals surface area contributed by atoms with Crippen LogP contribution in [0.5, 0.6) is 0 Å². The van der Waals surface area contributed by atoms with Crippen molar-refractivity contribution in [3.05, 3.63) is 34.9 Å². The highest BCUT2D eigenvalue weighted by atomic mass is 35.5. The predicted molar refractivity (Wildman–Crippen MR) is 78.8 cm³/mol. The van der Waals surface area contributed by atoms with Crippen molar-refractivity contribution in [3.63, 3.8) is 0 Å². The Morgan fingerprint density at radius 2 is 2.11 bits per heavy atom. The van der Waals surface area contributed by atoms with Gasteiger partial charge >= 0.3 is 0 Å². The van der Waals surface area contributed by atoms with Crippen LogP contribution in [0.4, 0.5) is 0 Å². The fourth-order valence-electron chi connectivity index (χ4n) is 2.10. The molecule has 0 N–H and O–H groups in total. The van der Waals surface area contributed by atoms with E-state index in [-0.39, 0.29) is 5.78 Å². The number of thioether (sulfide) groups is 1. The molecule has 0 unspecified atom stereocenters. The molecule has 0 saturated carbocycles. The van der Waals surface area contributed by atoms with Gasteiger partial charge in [-0.05, 0) is 30.9 Å². The number of hydrogen-bond acceptors (Lipinski definition) is 3. The number of benzene rings is 1. The number of carbonyl (C=O) groups excluding carboxylic acids is 1. The number of hydrogen-bond donors (Lipinski definition) is 0. The zero-order valence-electron chi connectivity index (χ0n) is 10.4. The second kappa shape index (κ2) is 7.17. The first-order valence-electron chi connectivity index (χ1n) is 6.35. The van der Waals surface area contributed by atoms with Crippen molar-refractivity contribution in [2.24, 2.45) is 0 Å². The van der Waals surface area contributed by atoms with Gasteiger partial charge in [-0.2, -0.15) is 11.8 Å². The lowest BCUT2D eigenvalue weighted by atomic mass is 10.1. The number of carbonyl (C=O) groups is 1. The summed E-state index contributed by atoms with van der Waals surface area (Å²) < 4.78 is 0. The van der Waals surface area contributed by atoms with Crippen LogP contribution in [0.25, 0.3) is 0 Å². The van der Waals surface area contributed by atoms with Gasteiger partial charge in [0.05, 0.1) is 5.02 Å². The number of halogens is 1. The van der Waals surface area contributed by atoms with Gasteiger partial charge in [0.2, 0.25) is 0 Å². The molecule has 18 heavy (non-hydrogen) atoms. The van der Waals surface area contributed by atoms with Gasteiger partial charge in [0.15, 0.2) is 5.78 Å². The smallest absolute Gasteiger partial charge is 0.165 e. The average Bonchev–Trinajstić information content (AvgIpc) is 2.65. The van der Waals surface area contributed by atoms with Crippen LogP contribution >= 0.6 is 23.4 Å². The molecule has 1 aromatic carbocycles. The molecule has 1 heterocycles. The SMILES string of the molecule is O=C(CCN1CCCSCC1)c1ccccc1Cl. The third kappa shape index (κ3) is 4.01. The third-order valence-electron chi connectivity index (χ3n) is 3.14. The van der Waals surface area contributed by atoms with Crippen molar-refractivity contribution in [3.8, 4) is 0 Å². The Kier molecular flexibility index (Phi) is 5.54. The van der Waals surface area contributed by atoms with Gasteiger partial charge < -0.3 is 4.90 Å². The molecule has 1 fully saturated rings. The van der Waals surface area contributed by atoms with E-state index in [1.807, 2.05) is 30.0 Å². The molecule has 4 heteroatoms. The molecule has 1 aromatic rings. The maximum Gasteiger partial charge on any atom is 0.165 e. The van der Waals surface area contributed by atoms with Crippen LogP contribution in [-0.2, 0) is 0 Å². The summed E-state index contributed by atoms with van der Waals surface area (Å²) in [5.41, 5.74) is 0.656. The van der Waals surface area contributed by atoms with Gasteiger partial charge in [0, 0.05) is 30.8 Å². The van der Waals surface area contributed by atoms with Gasteiger partial charge in [-0.15, -0.1) is 0 Å². The highest BCUT2D eigenvalue weighted by Gasteiger charge is 2.13. The highest BCUT2D eigenvalue weighted by Crippen LogP contribution is 2.17. The second-order valence-electron chi connectivity index (χ2n) is 4.46. The summed E-state index contributed by atoms with van der Waals surface area (Å²) in [5.74, 6) is 2.58. The first-order chi connectivity index (χ1) is 8.77. The van der Waals surface area contributed by atoms with Crippen molar-refractivity contribution in [1.29, 1.82) is 0 Å². The van der Waals surface area contributed by atoms with Crippen LogP contribution < -0.4 is 0 Å². The summed E-state index contributed by atoms with van der Waals surface area (Å²) in [6.07, 6.45) is 1.79. The minimum atomic E-state index is 0.150. The van der Waals surface area contributed by atoms with E-state index in [1.54, 1.807) is 6.07 Å². The van der Waals surface area contributed by atoms with Crippen molar-refractivity contribution in [1.82, 2.24) is 4.90 Å². The third-order valence-corrected chi connectivity index (χ3v) is 4.52. The number of rotatable bonds is 4. The Morgan fingerprint density at radius 3 is 2.94 bits per heavy atom. The number of ketones is 1. The quantitative estimate of drug-likeness (QED) is 0.791. The van der Waals surface area contributed by atoms with Gasteiger partial charge in [-0.3, -0.25) is 4.79 Å². The van der Waals surface area contributed by atoms with Gasteiger partial charge in [0.25, 0.3) is 0 Å². The Bertz CT molecular complexity index is 403. The van der Waals surface area contributed by atoms with Crippen molar-refractivity contribution in [2.45, 2.75) is 12.8 Å². The maximum atomic E-state index is 12.1. The second-order valence-corrected chi connectivity index (χ2v) is 6.09. The van der Waals surface area contributed by atoms with Crippen LogP contribution in [0.2, 0.25) is 5.02 Å². The summed E-state index contributed by atoms with van der Waals surface area (Å²) in [5, 5.41) is 0.564. The first-order valence-corrected chi connectivity index (χ1v) is 7.88. The number of nitrogens with zero attached hydrogens (tertiary/aromatic N) is 1. The van der Waals surface area contributed by atoms with Crippen LogP contribution in [0.1, 0.15) is 23.2 Å². The summed E-state index contributed by atoms with van der Waals surface area (Å²) in [6.45, 7) is 3.06. The van der Waals surface area contributed by atoms with E-state index >= 15 is 0 Å². The van der Waals surface area contributed by atoms with E-state index in [4.69, 9.17) is 11.6 Å². The standard InChI is InChI=1S/C14H18ClNOS/c15-13-5-2-1-4-12(13)14(17)6-8-16-7-3-10-18-11-9-16/h1-2,4-5H,3,6-11H2. The summed E-state index contributed by atoms with van der Waals surface area (Å²) in [6, 6.07) is 7.30. The molecule has 0 aromatic heterocycles. The van der Waals surface area contributed by atoms with E-state index in [1.165, 1.54) is 17.9 Å². The Morgan fingerprint density at radius 1 is 1.28 bits per heavy atom. The highest BCUT2D eigenvalue weighted by molar-refractivity contribution is 7.99. The van der Waals surface area contributed by atoms with E-state index < -0.39 is 0 Å². The minimum absolute atomic E-state index is 0.150. The van der Waals surface area contributed by atoms with Gasteiger partial charge in [-0.1, -0.05) is 23.7 Å². The first kappa shape index (κ1) is 13.9. The molecule has 2 nitrogen and oxygen atoms in total. The average molecular weight is 284 g/mol. The molecule has 1 aliphatic rings. The maximum absolute atomic E-state index is 12.1. The molecule has 0 amide bonds. The van der Waals surface area contributed by atoms with E-state index in [9.17, 15) is 4.79 Å². The Hall–Kier alpha value is -0.510. The Balaban J connectivity index is 1.86. The molecule has 0 bridgehead atoms. The zero-order valence-corrected chi connectivity index (χ0v) is 12.0. The van der Waals surface area contributed by atoms with Crippen molar-refractivity contribution >= 4 is 29.1 Å². The topological polar surface area (TPSA) is 20.3 Å². The molecule has 0 atom stereocenters. The van der Waals surface area contributed by atoms with E-state index in [2.05, 4.69) is 4.90 Å².